The van der Waals surface area contributed by atoms with E-state index in [0.29, 0.717) is 18.2 Å². The van der Waals surface area contributed by atoms with E-state index in [9.17, 15) is 4.39 Å². The van der Waals surface area contributed by atoms with E-state index in [1.807, 2.05) is 6.92 Å². The van der Waals surface area contributed by atoms with Crippen LogP contribution in [0.25, 0.3) is 0 Å². The number of nitrogens with one attached hydrogen (secondary N) is 2. The van der Waals surface area contributed by atoms with Crippen LogP contribution in [0.3, 0.4) is 0 Å². The molecular formula is C13H13FN6O. The summed E-state index contributed by atoms with van der Waals surface area (Å²) in [5.41, 5.74) is 0.427. The van der Waals surface area contributed by atoms with E-state index in [0.717, 1.165) is 0 Å². The van der Waals surface area contributed by atoms with Crippen molar-refractivity contribution in [1.82, 2.24) is 15.0 Å². The summed E-state index contributed by atoms with van der Waals surface area (Å²) in [5, 5.41) is 14.5. The van der Waals surface area contributed by atoms with Crippen LogP contribution in [0.4, 0.5) is 22.0 Å². The average Bonchev–Trinajstić information content (AvgIpc) is 2.49. The molecule has 0 aliphatic rings. The van der Waals surface area contributed by atoms with Gasteiger partial charge in [0.1, 0.15) is 11.9 Å². The second-order valence-corrected chi connectivity index (χ2v) is 3.88. The summed E-state index contributed by atoms with van der Waals surface area (Å²) < 4.78 is 18.5. The van der Waals surface area contributed by atoms with Crippen molar-refractivity contribution in [2.24, 2.45) is 0 Å². The van der Waals surface area contributed by atoms with Gasteiger partial charge in [0.15, 0.2) is 0 Å². The van der Waals surface area contributed by atoms with Crippen molar-refractivity contribution >= 4 is 17.6 Å². The molecule has 0 bridgehead atoms. The Hall–Kier alpha value is -2.95. The monoisotopic (exact) mass is 288 g/mol. The number of rotatable bonds is 5. The third-order valence-electron chi connectivity index (χ3n) is 2.45. The Labute approximate surface area is 120 Å². The van der Waals surface area contributed by atoms with Gasteiger partial charge < -0.3 is 15.4 Å². The van der Waals surface area contributed by atoms with Crippen LogP contribution in [0.15, 0.2) is 18.2 Å². The number of anilines is 3. The fourth-order valence-corrected chi connectivity index (χ4v) is 1.54. The largest absolute Gasteiger partial charge is 0.464 e. The highest BCUT2D eigenvalue weighted by Crippen LogP contribution is 2.19. The van der Waals surface area contributed by atoms with Gasteiger partial charge in [-0.3, -0.25) is 0 Å². The quantitative estimate of drug-likeness (QED) is 0.869. The van der Waals surface area contributed by atoms with Gasteiger partial charge in [0, 0.05) is 12.7 Å². The number of halogens is 1. The molecule has 7 nitrogen and oxygen atoms in total. The summed E-state index contributed by atoms with van der Waals surface area (Å²) in [6, 6.07) is 6.00. The molecule has 2 N–H and O–H groups in total. The summed E-state index contributed by atoms with van der Waals surface area (Å²) in [6.07, 6.45) is 0. The van der Waals surface area contributed by atoms with Crippen LogP contribution < -0.4 is 15.4 Å². The molecule has 0 aliphatic carbocycles. The lowest BCUT2D eigenvalue weighted by atomic mass is 10.2. The minimum Gasteiger partial charge on any atom is -0.464 e. The van der Waals surface area contributed by atoms with Crippen molar-refractivity contribution in [3.05, 3.63) is 29.6 Å². The summed E-state index contributed by atoms with van der Waals surface area (Å²) in [6.45, 7) is 2.23. The molecule has 108 valence electrons. The SMILES string of the molecule is CCOc1nc(NC)nc(Nc2ccc(F)c(C#N)c2)n1. The molecule has 0 saturated heterocycles. The highest BCUT2D eigenvalue weighted by molar-refractivity contribution is 5.57. The summed E-state index contributed by atoms with van der Waals surface area (Å²) in [5.74, 6) is -0.0171. The van der Waals surface area contributed by atoms with Crippen LogP contribution >= 0.6 is 0 Å². The fraction of sp³-hybridized carbons (Fsp3) is 0.231. The van der Waals surface area contributed by atoms with Crippen LogP contribution in [0.5, 0.6) is 6.01 Å². The van der Waals surface area contributed by atoms with Crippen molar-refractivity contribution in [3.63, 3.8) is 0 Å². The normalized spacial score (nSPS) is 9.81. The number of hydrogen-bond acceptors (Lipinski definition) is 7. The summed E-state index contributed by atoms with van der Waals surface area (Å²) in [4.78, 5) is 12.2. The molecule has 0 saturated carbocycles. The molecule has 8 heteroatoms. The first-order chi connectivity index (χ1) is 10.2. The van der Waals surface area contributed by atoms with Crippen LogP contribution in [-0.2, 0) is 0 Å². The van der Waals surface area contributed by atoms with E-state index in [1.165, 1.54) is 18.2 Å². The first-order valence-corrected chi connectivity index (χ1v) is 6.19. The Bertz CT molecular complexity index is 685. The molecule has 0 spiro atoms. The molecular weight excluding hydrogens is 275 g/mol. The maximum Gasteiger partial charge on any atom is 0.323 e. The van der Waals surface area contributed by atoms with Gasteiger partial charge in [-0.25, -0.2) is 4.39 Å². The number of nitrogens with zero attached hydrogens (tertiary/aromatic N) is 4. The van der Waals surface area contributed by atoms with Gasteiger partial charge in [0.25, 0.3) is 0 Å². The molecule has 0 atom stereocenters. The van der Waals surface area contributed by atoms with Crippen molar-refractivity contribution in [1.29, 1.82) is 5.26 Å². The second kappa shape index (κ2) is 6.47. The first kappa shape index (κ1) is 14.5. The maximum absolute atomic E-state index is 13.3. The molecule has 2 rings (SSSR count). The number of hydrogen-bond donors (Lipinski definition) is 2. The smallest absolute Gasteiger partial charge is 0.323 e. The zero-order valence-electron chi connectivity index (χ0n) is 11.5. The van der Waals surface area contributed by atoms with Gasteiger partial charge in [-0.2, -0.15) is 20.2 Å². The van der Waals surface area contributed by atoms with Crippen molar-refractivity contribution in [2.75, 3.05) is 24.3 Å². The summed E-state index contributed by atoms with van der Waals surface area (Å²) >= 11 is 0. The third kappa shape index (κ3) is 3.54. The maximum atomic E-state index is 13.3. The van der Waals surface area contributed by atoms with Gasteiger partial charge in [0.05, 0.1) is 12.2 Å². The van der Waals surface area contributed by atoms with Gasteiger partial charge in [-0.05, 0) is 25.1 Å². The van der Waals surface area contributed by atoms with Crippen LogP contribution in [0.1, 0.15) is 12.5 Å². The molecule has 0 fully saturated rings. The fourth-order valence-electron chi connectivity index (χ4n) is 1.54. The summed E-state index contributed by atoms with van der Waals surface area (Å²) in [7, 11) is 1.67. The predicted molar refractivity (Wildman–Crippen MR) is 74.9 cm³/mol. The Balaban J connectivity index is 2.30. The van der Waals surface area contributed by atoms with Crippen molar-refractivity contribution < 1.29 is 9.13 Å². The molecule has 0 radical (unpaired) electrons. The molecule has 2 aromatic rings. The Kier molecular flexibility index (Phi) is 4.46. The van der Waals surface area contributed by atoms with E-state index in [4.69, 9.17) is 10.00 Å². The number of benzene rings is 1. The van der Waals surface area contributed by atoms with Gasteiger partial charge >= 0.3 is 6.01 Å². The van der Waals surface area contributed by atoms with E-state index < -0.39 is 5.82 Å². The van der Waals surface area contributed by atoms with Gasteiger partial charge in [-0.1, -0.05) is 0 Å². The van der Waals surface area contributed by atoms with Crippen LogP contribution in [-0.4, -0.2) is 28.6 Å². The minimum absolute atomic E-state index is 0.0621. The van der Waals surface area contributed by atoms with Crippen LogP contribution in [0.2, 0.25) is 0 Å². The van der Waals surface area contributed by atoms with Crippen molar-refractivity contribution in [2.45, 2.75) is 6.92 Å². The number of aromatic nitrogens is 3. The van der Waals surface area contributed by atoms with Crippen LogP contribution in [0, 0.1) is 17.1 Å². The molecule has 0 amide bonds. The number of ether oxygens (including phenoxy) is 1. The molecule has 1 heterocycles. The molecule has 1 aromatic carbocycles. The van der Waals surface area contributed by atoms with E-state index in [1.54, 1.807) is 13.1 Å². The molecule has 21 heavy (non-hydrogen) atoms. The van der Waals surface area contributed by atoms with Crippen molar-refractivity contribution in [3.8, 4) is 12.1 Å². The highest BCUT2D eigenvalue weighted by Gasteiger charge is 2.08. The predicted octanol–water partition coefficient (Wildman–Crippen LogP) is 2.07. The van der Waals surface area contributed by atoms with E-state index >= 15 is 0 Å². The minimum atomic E-state index is -0.579. The lowest BCUT2D eigenvalue weighted by Gasteiger charge is -2.09. The average molecular weight is 288 g/mol. The zero-order chi connectivity index (χ0) is 15.2. The lowest BCUT2D eigenvalue weighted by Crippen LogP contribution is -2.07. The highest BCUT2D eigenvalue weighted by atomic mass is 19.1. The number of nitriles is 1. The lowest BCUT2D eigenvalue weighted by molar-refractivity contribution is 0.312. The third-order valence-corrected chi connectivity index (χ3v) is 2.45. The molecule has 0 aliphatic heterocycles. The van der Waals surface area contributed by atoms with Gasteiger partial charge in [-0.15, -0.1) is 0 Å². The zero-order valence-corrected chi connectivity index (χ0v) is 11.5. The van der Waals surface area contributed by atoms with E-state index in [2.05, 4.69) is 25.6 Å². The second-order valence-electron chi connectivity index (χ2n) is 3.88. The molecule has 0 unspecified atom stereocenters. The Morgan fingerprint density at radius 3 is 2.71 bits per heavy atom. The first-order valence-electron chi connectivity index (χ1n) is 6.19. The van der Waals surface area contributed by atoms with E-state index in [-0.39, 0.29) is 17.5 Å². The molecule has 1 aromatic heterocycles. The van der Waals surface area contributed by atoms with Gasteiger partial charge in [0.2, 0.25) is 11.9 Å². The Morgan fingerprint density at radius 1 is 1.29 bits per heavy atom. The topological polar surface area (TPSA) is 95.8 Å². The standard InChI is InChI=1S/C13H13FN6O/c1-3-21-13-19-11(16-2)18-12(20-13)17-9-4-5-10(14)8(6-9)7-15/h4-6H,3H2,1-2H3,(H2,16,17,18,19,20). The Morgan fingerprint density at radius 2 is 2.05 bits per heavy atom.